The van der Waals surface area contributed by atoms with E-state index in [9.17, 15) is 9.59 Å². The SMILES string of the molecule is COc1ccc(NC(=O)Cn2nnc(-c3ccccc3NC(=O)c3ccccc3)n2)cc1. The molecule has 0 spiro atoms. The Balaban J connectivity index is 1.45. The number of rotatable bonds is 7. The minimum absolute atomic E-state index is 0.114. The molecule has 0 aliphatic rings. The van der Waals surface area contributed by atoms with Gasteiger partial charge in [0.1, 0.15) is 12.3 Å². The highest BCUT2D eigenvalue weighted by molar-refractivity contribution is 6.06. The zero-order chi connectivity index (χ0) is 22.3. The summed E-state index contributed by atoms with van der Waals surface area (Å²) in [5, 5.41) is 17.9. The van der Waals surface area contributed by atoms with Gasteiger partial charge >= 0.3 is 0 Å². The number of para-hydroxylation sites is 1. The molecule has 2 N–H and O–H groups in total. The number of nitrogens with zero attached hydrogens (tertiary/aromatic N) is 4. The summed E-state index contributed by atoms with van der Waals surface area (Å²) in [7, 11) is 1.58. The van der Waals surface area contributed by atoms with E-state index < -0.39 is 0 Å². The molecular weight excluding hydrogens is 408 g/mol. The van der Waals surface area contributed by atoms with Gasteiger partial charge in [-0.25, -0.2) is 0 Å². The molecule has 0 aliphatic carbocycles. The second-order valence-electron chi connectivity index (χ2n) is 6.79. The molecule has 160 valence electrons. The second kappa shape index (κ2) is 9.52. The van der Waals surface area contributed by atoms with E-state index in [1.807, 2.05) is 12.1 Å². The molecular formula is C23H20N6O3. The summed E-state index contributed by atoms with van der Waals surface area (Å²) in [6.45, 7) is -0.114. The van der Waals surface area contributed by atoms with Gasteiger partial charge in [0.25, 0.3) is 5.91 Å². The van der Waals surface area contributed by atoms with Crippen LogP contribution in [0.15, 0.2) is 78.9 Å². The lowest BCUT2D eigenvalue weighted by atomic mass is 10.1. The molecule has 2 amide bonds. The largest absolute Gasteiger partial charge is 0.497 e. The molecule has 0 aliphatic heterocycles. The van der Waals surface area contributed by atoms with Crippen LogP contribution in [0.3, 0.4) is 0 Å². The summed E-state index contributed by atoms with van der Waals surface area (Å²) in [6.07, 6.45) is 0. The standard InChI is InChI=1S/C23H20N6O3/c1-32-18-13-11-17(12-14-18)24-21(30)15-29-27-22(26-28-29)19-9-5-6-10-20(19)25-23(31)16-7-3-2-4-8-16/h2-14H,15H2,1H3,(H,24,30)(H,25,31). The molecule has 0 bridgehead atoms. The first kappa shape index (κ1) is 20.7. The molecule has 0 atom stereocenters. The molecule has 9 nitrogen and oxygen atoms in total. The van der Waals surface area contributed by atoms with Crippen LogP contribution in [0.5, 0.6) is 5.75 Å². The van der Waals surface area contributed by atoms with Gasteiger partial charge in [-0.05, 0) is 53.7 Å². The van der Waals surface area contributed by atoms with Crippen LogP contribution in [0.2, 0.25) is 0 Å². The predicted molar refractivity (Wildman–Crippen MR) is 119 cm³/mol. The molecule has 1 heterocycles. The third kappa shape index (κ3) is 4.96. The number of hydrogen-bond donors (Lipinski definition) is 2. The van der Waals surface area contributed by atoms with Crippen molar-refractivity contribution >= 4 is 23.2 Å². The fourth-order valence-corrected chi connectivity index (χ4v) is 2.99. The van der Waals surface area contributed by atoms with E-state index in [0.29, 0.717) is 34.1 Å². The summed E-state index contributed by atoms with van der Waals surface area (Å²) in [6, 6.07) is 23.0. The molecule has 0 saturated carbocycles. The van der Waals surface area contributed by atoms with Gasteiger partial charge in [-0.1, -0.05) is 30.3 Å². The highest BCUT2D eigenvalue weighted by Crippen LogP contribution is 2.25. The van der Waals surface area contributed by atoms with Crippen LogP contribution >= 0.6 is 0 Å². The maximum atomic E-state index is 12.5. The van der Waals surface area contributed by atoms with Gasteiger partial charge in [0.15, 0.2) is 0 Å². The Morgan fingerprint density at radius 2 is 1.62 bits per heavy atom. The second-order valence-corrected chi connectivity index (χ2v) is 6.79. The van der Waals surface area contributed by atoms with Crippen LogP contribution < -0.4 is 15.4 Å². The van der Waals surface area contributed by atoms with Crippen LogP contribution in [0.25, 0.3) is 11.4 Å². The fraction of sp³-hybridized carbons (Fsp3) is 0.0870. The zero-order valence-electron chi connectivity index (χ0n) is 17.2. The Kier molecular flexibility index (Phi) is 6.17. The number of tetrazole rings is 1. The summed E-state index contributed by atoms with van der Waals surface area (Å²) < 4.78 is 5.10. The smallest absolute Gasteiger partial charge is 0.255 e. The van der Waals surface area contributed by atoms with Gasteiger partial charge in [0, 0.05) is 16.8 Å². The third-order valence-electron chi connectivity index (χ3n) is 4.56. The van der Waals surface area contributed by atoms with Crippen LogP contribution in [-0.2, 0) is 11.3 Å². The number of benzene rings is 3. The van der Waals surface area contributed by atoms with Crippen LogP contribution in [0, 0.1) is 0 Å². The number of ether oxygens (including phenoxy) is 1. The third-order valence-corrected chi connectivity index (χ3v) is 4.56. The number of anilines is 2. The molecule has 0 fully saturated rings. The molecule has 32 heavy (non-hydrogen) atoms. The molecule has 0 unspecified atom stereocenters. The molecule has 0 radical (unpaired) electrons. The van der Waals surface area contributed by atoms with Crippen LogP contribution in [0.4, 0.5) is 11.4 Å². The van der Waals surface area contributed by atoms with Crippen molar-refractivity contribution in [1.29, 1.82) is 0 Å². The average Bonchev–Trinajstić information content (AvgIpc) is 3.28. The Bertz CT molecular complexity index is 1220. The normalized spacial score (nSPS) is 10.4. The number of hydrogen-bond acceptors (Lipinski definition) is 6. The molecule has 3 aromatic carbocycles. The van der Waals surface area contributed by atoms with Gasteiger partial charge in [0.2, 0.25) is 11.7 Å². The minimum atomic E-state index is -0.301. The molecule has 0 saturated heterocycles. The Hall–Kier alpha value is -4.53. The summed E-state index contributed by atoms with van der Waals surface area (Å²) >= 11 is 0. The number of carbonyl (C=O) groups excluding carboxylic acids is 2. The first-order valence-electron chi connectivity index (χ1n) is 9.80. The molecule has 4 rings (SSSR count). The quantitative estimate of drug-likeness (QED) is 0.468. The summed E-state index contributed by atoms with van der Waals surface area (Å²) in [5.41, 5.74) is 2.31. The Labute approximate surface area is 184 Å². The van der Waals surface area contributed by atoms with E-state index in [1.54, 1.807) is 73.8 Å². The van der Waals surface area contributed by atoms with Gasteiger partial charge in [0.05, 0.1) is 12.8 Å². The van der Waals surface area contributed by atoms with Gasteiger partial charge in [-0.15, -0.1) is 10.2 Å². The number of amides is 2. The van der Waals surface area contributed by atoms with Crippen molar-refractivity contribution in [3.8, 4) is 17.1 Å². The van der Waals surface area contributed by atoms with E-state index in [-0.39, 0.29) is 18.4 Å². The Morgan fingerprint density at radius 3 is 2.38 bits per heavy atom. The number of nitrogens with one attached hydrogen (secondary N) is 2. The lowest BCUT2D eigenvalue weighted by Gasteiger charge is -2.08. The lowest BCUT2D eigenvalue weighted by molar-refractivity contribution is -0.117. The monoisotopic (exact) mass is 428 g/mol. The number of aromatic nitrogens is 4. The van der Waals surface area contributed by atoms with E-state index in [4.69, 9.17) is 4.74 Å². The fourth-order valence-electron chi connectivity index (χ4n) is 2.99. The van der Waals surface area contributed by atoms with E-state index in [1.165, 1.54) is 4.80 Å². The first-order chi connectivity index (χ1) is 15.6. The van der Waals surface area contributed by atoms with E-state index >= 15 is 0 Å². The molecule has 1 aromatic heterocycles. The van der Waals surface area contributed by atoms with Gasteiger partial charge in [-0.3, -0.25) is 9.59 Å². The molecule has 9 heteroatoms. The van der Waals surface area contributed by atoms with Crippen molar-refractivity contribution in [2.75, 3.05) is 17.7 Å². The van der Waals surface area contributed by atoms with Crippen molar-refractivity contribution < 1.29 is 14.3 Å². The molecule has 4 aromatic rings. The zero-order valence-corrected chi connectivity index (χ0v) is 17.2. The summed E-state index contributed by atoms with van der Waals surface area (Å²) in [4.78, 5) is 26.1. The van der Waals surface area contributed by atoms with Crippen molar-refractivity contribution in [1.82, 2.24) is 20.2 Å². The number of carbonyl (C=O) groups is 2. The van der Waals surface area contributed by atoms with Crippen LogP contribution in [-0.4, -0.2) is 39.1 Å². The maximum Gasteiger partial charge on any atom is 0.255 e. The average molecular weight is 428 g/mol. The topological polar surface area (TPSA) is 111 Å². The van der Waals surface area contributed by atoms with Gasteiger partial charge in [-0.2, -0.15) is 4.80 Å². The number of methoxy groups -OCH3 is 1. The van der Waals surface area contributed by atoms with Crippen molar-refractivity contribution in [2.45, 2.75) is 6.54 Å². The van der Waals surface area contributed by atoms with Gasteiger partial charge < -0.3 is 15.4 Å². The highest BCUT2D eigenvalue weighted by atomic mass is 16.5. The van der Waals surface area contributed by atoms with Crippen molar-refractivity contribution in [2.24, 2.45) is 0 Å². The van der Waals surface area contributed by atoms with Crippen LogP contribution in [0.1, 0.15) is 10.4 Å². The summed E-state index contributed by atoms with van der Waals surface area (Å²) in [5.74, 6) is 0.448. The highest BCUT2D eigenvalue weighted by Gasteiger charge is 2.15. The van der Waals surface area contributed by atoms with E-state index in [2.05, 4.69) is 26.0 Å². The maximum absolute atomic E-state index is 12.5. The van der Waals surface area contributed by atoms with E-state index in [0.717, 1.165) is 0 Å². The Morgan fingerprint density at radius 1 is 0.906 bits per heavy atom. The first-order valence-corrected chi connectivity index (χ1v) is 9.80. The lowest BCUT2D eigenvalue weighted by Crippen LogP contribution is -2.20. The van der Waals surface area contributed by atoms with Crippen molar-refractivity contribution in [3.63, 3.8) is 0 Å². The predicted octanol–water partition coefficient (Wildman–Crippen LogP) is 3.24. The minimum Gasteiger partial charge on any atom is -0.497 e. The van der Waals surface area contributed by atoms with Crippen molar-refractivity contribution in [3.05, 3.63) is 84.4 Å².